The Morgan fingerprint density at radius 3 is 2.40 bits per heavy atom. The smallest absolute Gasteiger partial charge is 0.251 e. The Labute approximate surface area is 119 Å². The van der Waals surface area contributed by atoms with E-state index >= 15 is 0 Å². The third-order valence-corrected chi connectivity index (χ3v) is 6.21. The summed E-state index contributed by atoms with van der Waals surface area (Å²) in [7, 11) is 0. The number of halogens is 1. The fourth-order valence-corrected chi connectivity index (χ4v) is 4.26. The maximum atomic E-state index is 12.9. The van der Waals surface area contributed by atoms with Gasteiger partial charge in [0.05, 0.1) is 0 Å². The molecule has 0 aliphatic heterocycles. The Morgan fingerprint density at radius 1 is 1.25 bits per heavy atom. The zero-order chi connectivity index (χ0) is 14.5. The van der Waals surface area contributed by atoms with Gasteiger partial charge in [0.25, 0.3) is 5.91 Å². The number of hydrogen-bond acceptors (Lipinski definition) is 1. The summed E-state index contributed by atoms with van der Waals surface area (Å²) in [5, 5.41) is 3.18. The lowest BCUT2D eigenvalue weighted by molar-refractivity contribution is 0.0826. The van der Waals surface area contributed by atoms with Crippen molar-refractivity contribution < 1.29 is 9.18 Å². The highest BCUT2D eigenvalue weighted by Crippen LogP contribution is 2.65. The van der Waals surface area contributed by atoms with Gasteiger partial charge in [0.2, 0.25) is 0 Å². The minimum Gasteiger partial charge on any atom is -0.349 e. The van der Waals surface area contributed by atoms with E-state index < -0.39 is 0 Å². The van der Waals surface area contributed by atoms with E-state index in [0.29, 0.717) is 11.5 Å². The molecule has 2 nitrogen and oxygen atoms in total. The monoisotopic (exact) mass is 275 g/mol. The number of amides is 1. The van der Waals surface area contributed by atoms with Gasteiger partial charge >= 0.3 is 0 Å². The lowest BCUT2D eigenvalue weighted by atomic mass is 9.69. The van der Waals surface area contributed by atoms with Crippen LogP contribution in [0.5, 0.6) is 0 Å². The molecule has 3 rings (SSSR count). The number of fused-ring (bicyclic) bond motifs is 2. The highest BCUT2D eigenvalue weighted by molar-refractivity contribution is 5.94. The Hall–Kier alpha value is -1.38. The first-order valence-electron chi connectivity index (χ1n) is 7.41. The summed E-state index contributed by atoms with van der Waals surface area (Å²) < 4.78 is 12.9. The van der Waals surface area contributed by atoms with Gasteiger partial charge in [0.15, 0.2) is 0 Å². The van der Waals surface area contributed by atoms with Crippen molar-refractivity contribution in [3.63, 3.8) is 0 Å². The quantitative estimate of drug-likeness (QED) is 0.874. The number of benzene rings is 1. The van der Waals surface area contributed by atoms with Crippen LogP contribution in [0.4, 0.5) is 4.39 Å². The van der Waals surface area contributed by atoms with Crippen molar-refractivity contribution in [2.45, 2.75) is 46.1 Å². The van der Waals surface area contributed by atoms with Crippen molar-refractivity contribution in [2.24, 2.45) is 16.7 Å². The maximum Gasteiger partial charge on any atom is 0.251 e. The SMILES string of the molecule is CC1(C)[C@H]2CC[C@]1(C)[C@@H](NC(=O)c1ccc(F)cc1)C2. The third kappa shape index (κ3) is 1.79. The van der Waals surface area contributed by atoms with Gasteiger partial charge in [-0.2, -0.15) is 0 Å². The predicted molar refractivity (Wildman–Crippen MR) is 76.9 cm³/mol. The fourth-order valence-electron chi connectivity index (χ4n) is 4.26. The van der Waals surface area contributed by atoms with Gasteiger partial charge in [-0.1, -0.05) is 20.8 Å². The molecule has 2 bridgehead atoms. The maximum absolute atomic E-state index is 12.9. The minimum atomic E-state index is -0.311. The minimum absolute atomic E-state index is 0.0837. The average Bonchev–Trinajstić information content (AvgIpc) is 2.72. The molecule has 0 unspecified atom stereocenters. The van der Waals surface area contributed by atoms with Crippen molar-refractivity contribution in [2.75, 3.05) is 0 Å². The highest BCUT2D eigenvalue weighted by atomic mass is 19.1. The van der Waals surface area contributed by atoms with Gasteiger partial charge < -0.3 is 5.32 Å². The molecule has 0 heterocycles. The molecule has 2 saturated carbocycles. The summed E-state index contributed by atoms with van der Waals surface area (Å²) in [6, 6.07) is 5.99. The summed E-state index contributed by atoms with van der Waals surface area (Å²) in [4.78, 5) is 12.3. The van der Waals surface area contributed by atoms with Gasteiger partial charge in [0, 0.05) is 11.6 Å². The Bertz CT molecular complexity index is 536. The molecular formula is C17H22FNO. The first-order valence-corrected chi connectivity index (χ1v) is 7.41. The van der Waals surface area contributed by atoms with Crippen LogP contribution in [-0.4, -0.2) is 11.9 Å². The zero-order valence-corrected chi connectivity index (χ0v) is 12.4. The average molecular weight is 275 g/mol. The molecule has 0 radical (unpaired) electrons. The molecule has 0 spiro atoms. The predicted octanol–water partition coefficient (Wildman–Crippen LogP) is 3.77. The standard InChI is InChI=1S/C17H22FNO/c1-16(2)12-8-9-17(16,3)14(10-12)19-15(20)11-4-6-13(18)7-5-11/h4-7,12,14H,8-10H2,1-3H3,(H,19,20)/t12-,14-,17+/m0/s1. The van der Waals surface area contributed by atoms with Crippen LogP contribution in [0.15, 0.2) is 24.3 Å². The Morgan fingerprint density at radius 2 is 1.90 bits per heavy atom. The van der Waals surface area contributed by atoms with E-state index in [1.54, 1.807) is 12.1 Å². The van der Waals surface area contributed by atoms with E-state index in [-0.39, 0.29) is 28.6 Å². The number of hydrogen-bond donors (Lipinski definition) is 1. The van der Waals surface area contributed by atoms with Gasteiger partial charge in [-0.25, -0.2) is 4.39 Å². The molecule has 1 aromatic carbocycles. The molecule has 3 heteroatoms. The van der Waals surface area contributed by atoms with Crippen molar-refractivity contribution in [3.8, 4) is 0 Å². The normalized spacial score (nSPS) is 34.2. The molecule has 3 atom stereocenters. The van der Waals surface area contributed by atoms with Crippen LogP contribution >= 0.6 is 0 Å². The Kier molecular flexibility index (Phi) is 2.93. The van der Waals surface area contributed by atoms with E-state index in [2.05, 4.69) is 26.1 Å². The van der Waals surface area contributed by atoms with Crippen molar-refractivity contribution in [1.29, 1.82) is 0 Å². The van der Waals surface area contributed by atoms with Gasteiger partial charge in [-0.15, -0.1) is 0 Å². The van der Waals surface area contributed by atoms with E-state index in [0.717, 1.165) is 6.42 Å². The topological polar surface area (TPSA) is 29.1 Å². The lowest BCUT2D eigenvalue weighted by Crippen LogP contribution is -2.46. The molecule has 2 aliphatic rings. The third-order valence-electron chi connectivity index (χ3n) is 6.21. The van der Waals surface area contributed by atoms with E-state index in [1.807, 2.05) is 0 Å². The fraction of sp³-hybridized carbons (Fsp3) is 0.588. The number of nitrogens with one attached hydrogen (secondary N) is 1. The van der Waals surface area contributed by atoms with Crippen LogP contribution in [0, 0.1) is 22.6 Å². The first kappa shape index (κ1) is 13.6. The van der Waals surface area contributed by atoms with E-state index in [1.165, 1.54) is 25.0 Å². The number of carbonyl (C=O) groups is 1. The van der Waals surface area contributed by atoms with Crippen molar-refractivity contribution in [1.82, 2.24) is 5.32 Å². The lowest BCUT2D eigenvalue weighted by Gasteiger charge is -2.39. The summed E-state index contributed by atoms with van der Waals surface area (Å²) in [5.74, 6) is 0.306. The molecule has 108 valence electrons. The van der Waals surface area contributed by atoms with Crippen LogP contribution in [-0.2, 0) is 0 Å². The first-order chi connectivity index (χ1) is 9.34. The molecule has 0 aromatic heterocycles. The van der Waals surface area contributed by atoms with Gasteiger partial charge in [-0.05, 0) is 60.3 Å². The molecule has 20 heavy (non-hydrogen) atoms. The van der Waals surface area contributed by atoms with Crippen molar-refractivity contribution >= 4 is 5.91 Å². The number of carbonyl (C=O) groups excluding carboxylic acids is 1. The second kappa shape index (κ2) is 4.31. The summed E-state index contributed by atoms with van der Waals surface area (Å²) in [6.07, 6.45) is 3.52. The molecule has 1 amide bonds. The van der Waals surface area contributed by atoms with E-state index in [4.69, 9.17) is 0 Å². The van der Waals surface area contributed by atoms with Crippen LogP contribution in [0.2, 0.25) is 0 Å². The summed E-state index contributed by atoms with van der Waals surface area (Å²) >= 11 is 0. The highest BCUT2D eigenvalue weighted by Gasteiger charge is 2.61. The van der Waals surface area contributed by atoms with Gasteiger partial charge in [0.1, 0.15) is 5.82 Å². The molecule has 1 N–H and O–H groups in total. The van der Waals surface area contributed by atoms with Crippen molar-refractivity contribution in [3.05, 3.63) is 35.6 Å². The van der Waals surface area contributed by atoms with E-state index in [9.17, 15) is 9.18 Å². The zero-order valence-electron chi connectivity index (χ0n) is 12.4. The summed E-state index contributed by atoms with van der Waals surface area (Å²) in [6.45, 7) is 6.96. The molecule has 1 aromatic rings. The number of rotatable bonds is 2. The second-order valence-electron chi connectivity index (χ2n) is 7.14. The summed E-state index contributed by atoms with van der Waals surface area (Å²) in [5.41, 5.74) is 0.997. The molecule has 0 saturated heterocycles. The molecule has 2 aliphatic carbocycles. The molecule has 2 fully saturated rings. The molecular weight excluding hydrogens is 253 g/mol. The Balaban J connectivity index is 1.76. The largest absolute Gasteiger partial charge is 0.349 e. The van der Waals surface area contributed by atoms with Crippen LogP contribution in [0.1, 0.15) is 50.4 Å². The van der Waals surface area contributed by atoms with Crippen LogP contribution in [0.3, 0.4) is 0 Å². The van der Waals surface area contributed by atoms with Crippen LogP contribution in [0.25, 0.3) is 0 Å². The van der Waals surface area contributed by atoms with Gasteiger partial charge in [-0.3, -0.25) is 4.79 Å². The van der Waals surface area contributed by atoms with Crippen LogP contribution < -0.4 is 5.32 Å². The second-order valence-corrected chi connectivity index (χ2v) is 7.14.